The Hall–Kier alpha value is -1.46. The monoisotopic (exact) mass is 309 g/mol. The predicted molar refractivity (Wildman–Crippen MR) is 82.0 cm³/mol. The molecule has 1 saturated heterocycles. The molecule has 0 amide bonds. The van der Waals surface area contributed by atoms with Gasteiger partial charge in [-0.3, -0.25) is 9.69 Å². The fourth-order valence-electron chi connectivity index (χ4n) is 3.34. The van der Waals surface area contributed by atoms with Crippen LogP contribution in [0.3, 0.4) is 0 Å². The van der Waals surface area contributed by atoms with E-state index in [1.54, 1.807) is 19.1 Å². The van der Waals surface area contributed by atoms with Crippen LogP contribution in [0.5, 0.6) is 0 Å². The highest BCUT2D eigenvalue weighted by molar-refractivity contribution is 5.75. The molecule has 0 saturated carbocycles. The van der Waals surface area contributed by atoms with Crippen LogP contribution < -0.4 is 0 Å². The lowest BCUT2D eigenvalue weighted by Gasteiger charge is -2.42. The molecule has 0 aromatic heterocycles. The van der Waals surface area contributed by atoms with Gasteiger partial charge < -0.3 is 10.2 Å². The van der Waals surface area contributed by atoms with Crippen LogP contribution in [0.1, 0.15) is 37.3 Å². The number of carboxylic acids is 1. The molecule has 0 spiro atoms. The normalized spacial score (nSPS) is 26.1. The summed E-state index contributed by atoms with van der Waals surface area (Å²) in [6, 6.07) is 4.98. The Kier molecular flexibility index (Phi) is 5.19. The van der Waals surface area contributed by atoms with Crippen LogP contribution in [0.4, 0.5) is 4.39 Å². The summed E-state index contributed by atoms with van der Waals surface area (Å²) in [5, 5.41) is 19.9. The van der Waals surface area contributed by atoms with E-state index in [9.17, 15) is 19.4 Å². The third-order valence-corrected chi connectivity index (χ3v) is 4.69. The molecule has 122 valence electrons. The first-order valence-corrected chi connectivity index (χ1v) is 7.78. The van der Waals surface area contributed by atoms with E-state index in [-0.39, 0.29) is 5.82 Å². The number of carboxylic acid groups (broad SMARTS) is 1. The molecule has 2 rings (SSSR count). The van der Waals surface area contributed by atoms with E-state index >= 15 is 0 Å². The van der Waals surface area contributed by atoms with E-state index in [1.165, 1.54) is 6.07 Å². The van der Waals surface area contributed by atoms with Gasteiger partial charge in [-0.2, -0.15) is 0 Å². The molecule has 1 heterocycles. The van der Waals surface area contributed by atoms with Crippen LogP contribution in [0.15, 0.2) is 18.2 Å². The molecular formula is C17H24FNO3. The van der Waals surface area contributed by atoms with Gasteiger partial charge in [-0.25, -0.2) is 4.39 Å². The van der Waals surface area contributed by atoms with Gasteiger partial charge in [0.25, 0.3) is 0 Å². The fourth-order valence-corrected chi connectivity index (χ4v) is 3.34. The van der Waals surface area contributed by atoms with E-state index < -0.39 is 17.5 Å². The van der Waals surface area contributed by atoms with Crippen LogP contribution in [0.25, 0.3) is 0 Å². The van der Waals surface area contributed by atoms with Gasteiger partial charge in [0, 0.05) is 13.1 Å². The predicted octanol–water partition coefficient (Wildman–Crippen LogP) is 2.57. The van der Waals surface area contributed by atoms with Gasteiger partial charge in [0.15, 0.2) is 0 Å². The van der Waals surface area contributed by atoms with Gasteiger partial charge >= 0.3 is 5.97 Å². The summed E-state index contributed by atoms with van der Waals surface area (Å²) >= 11 is 0. The fraction of sp³-hybridized carbons (Fsp3) is 0.588. The van der Waals surface area contributed by atoms with Crippen molar-refractivity contribution in [3.8, 4) is 0 Å². The number of aliphatic carboxylic acids is 1. The Labute approximate surface area is 130 Å². The third kappa shape index (κ3) is 3.31. The van der Waals surface area contributed by atoms with Crippen molar-refractivity contribution in [3.63, 3.8) is 0 Å². The molecule has 22 heavy (non-hydrogen) atoms. The largest absolute Gasteiger partial charge is 0.481 e. The highest BCUT2D eigenvalue weighted by Gasteiger charge is 2.47. The minimum absolute atomic E-state index is 0.227. The lowest BCUT2D eigenvalue weighted by Crippen LogP contribution is -2.54. The number of aliphatic hydroxyl groups excluding tert-OH is 1. The second-order valence-electron chi connectivity index (χ2n) is 6.30. The average Bonchev–Trinajstić information content (AvgIpc) is 2.46. The zero-order valence-electron chi connectivity index (χ0n) is 13.2. The zero-order chi connectivity index (χ0) is 16.3. The smallest absolute Gasteiger partial charge is 0.312 e. The van der Waals surface area contributed by atoms with Crippen molar-refractivity contribution in [1.82, 2.24) is 4.90 Å². The quantitative estimate of drug-likeness (QED) is 0.877. The topological polar surface area (TPSA) is 60.8 Å². The van der Waals surface area contributed by atoms with E-state index in [0.717, 1.165) is 12.0 Å². The Balaban J connectivity index is 2.06. The number of benzene rings is 1. The molecule has 5 heteroatoms. The van der Waals surface area contributed by atoms with Gasteiger partial charge in [-0.15, -0.1) is 0 Å². The van der Waals surface area contributed by atoms with E-state index in [1.807, 2.05) is 11.8 Å². The summed E-state index contributed by atoms with van der Waals surface area (Å²) in [5.41, 5.74) is 0.551. The first kappa shape index (κ1) is 16.9. The molecule has 2 N–H and O–H groups in total. The highest BCUT2D eigenvalue weighted by Crippen LogP contribution is 2.37. The van der Waals surface area contributed by atoms with Gasteiger partial charge in [-0.05, 0) is 43.5 Å². The van der Waals surface area contributed by atoms with Crippen LogP contribution in [0, 0.1) is 18.2 Å². The molecule has 1 aromatic carbocycles. The molecule has 0 unspecified atom stereocenters. The van der Waals surface area contributed by atoms with Gasteiger partial charge in [-0.1, -0.05) is 25.5 Å². The molecule has 1 aromatic rings. The Morgan fingerprint density at radius 2 is 2.23 bits per heavy atom. The van der Waals surface area contributed by atoms with Crippen molar-refractivity contribution in [3.05, 3.63) is 35.1 Å². The zero-order valence-corrected chi connectivity index (χ0v) is 13.2. The minimum atomic E-state index is -1.02. The molecule has 1 fully saturated rings. The van der Waals surface area contributed by atoms with Crippen LogP contribution >= 0.6 is 0 Å². The molecule has 4 nitrogen and oxygen atoms in total. The van der Waals surface area contributed by atoms with Gasteiger partial charge in [0.05, 0.1) is 11.5 Å². The first-order valence-electron chi connectivity index (χ1n) is 7.78. The molecule has 2 atom stereocenters. The van der Waals surface area contributed by atoms with Crippen molar-refractivity contribution < 1.29 is 19.4 Å². The number of β-amino-alcohol motifs (C(OH)–C–C–N with tert-alkyl or cyclic N) is 1. The number of hydrogen-bond acceptors (Lipinski definition) is 3. The standard InChI is InChI=1S/C17H24FNO3/c1-3-6-17(16(21)22)7-8-19(11-15(17)20)10-13-4-5-14(18)12(2)9-13/h4-5,9,15,20H,3,6-8,10-11H2,1-2H3,(H,21,22)/t15-,17+/m1/s1. The Bertz CT molecular complexity index is 549. The lowest BCUT2D eigenvalue weighted by atomic mass is 9.73. The van der Waals surface area contributed by atoms with E-state index in [0.29, 0.717) is 38.0 Å². The van der Waals surface area contributed by atoms with E-state index in [2.05, 4.69) is 0 Å². The summed E-state index contributed by atoms with van der Waals surface area (Å²) in [5.74, 6) is -1.13. The number of aryl methyl sites for hydroxylation is 1. The second-order valence-corrected chi connectivity index (χ2v) is 6.30. The average molecular weight is 309 g/mol. The number of aliphatic hydroxyl groups is 1. The number of hydrogen-bond donors (Lipinski definition) is 2. The maximum atomic E-state index is 13.3. The van der Waals surface area contributed by atoms with Crippen molar-refractivity contribution in [2.24, 2.45) is 5.41 Å². The van der Waals surface area contributed by atoms with Crippen molar-refractivity contribution in [1.29, 1.82) is 0 Å². The summed E-state index contributed by atoms with van der Waals surface area (Å²) in [6.07, 6.45) is 0.797. The van der Waals surface area contributed by atoms with Crippen molar-refractivity contribution in [2.45, 2.75) is 45.8 Å². The number of likely N-dealkylation sites (tertiary alicyclic amines) is 1. The maximum absolute atomic E-state index is 13.3. The first-order chi connectivity index (χ1) is 10.4. The summed E-state index contributed by atoms with van der Waals surface area (Å²) in [4.78, 5) is 13.6. The Morgan fingerprint density at radius 1 is 1.50 bits per heavy atom. The molecular weight excluding hydrogens is 285 g/mol. The third-order valence-electron chi connectivity index (χ3n) is 4.69. The number of carbonyl (C=O) groups is 1. The van der Waals surface area contributed by atoms with Crippen LogP contribution in [-0.4, -0.2) is 40.3 Å². The highest BCUT2D eigenvalue weighted by atomic mass is 19.1. The van der Waals surface area contributed by atoms with E-state index in [4.69, 9.17) is 0 Å². The Morgan fingerprint density at radius 3 is 2.77 bits per heavy atom. The van der Waals surface area contributed by atoms with Crippen molar-refractivity contribution in [2.75, 3.05) is 13.1 Å². The summed E-state index contributed by atoms with van der Waals surface area (Å²) in [6.45, 7) is 5.22. The lowest BCUT2D eigenvalue weighted by molar-refractivity contribution is -0.164. The van der Waals surface area contributed by atoms with Crippen LogP contribution in [-0.2, 0) is 11.3 Å². The van der Waals surface area contributed by atoms with Crippen molar-refractivity contribution >= 4 is 5.97 Å². The summed E-state index contributed by atoms with van der Waals surface area (Å²) < 4.78 is 13.3. The molecule has 1 aliphatic rings. The second kappa shape index (κ2) is 6.75. The number of rotatable bonds is 5. The van der Waals surface area contributed by atoms with Gasteiger partial charge in [0.1, 0.15) is 5.82 Å². The number of nitrogens with zero attached hydrogens (tertiary/aromatic N) is 1. The molecule has 0 aliphatic carbocycles. The SMILES string of the molecule is CCC[C@]1(C(=O)O)CCN(Cc2ccc(F)c(C)c2)C[C@H]1O. The van der Waals surface area contributed by atoms with Gasteiger partial charge in [0.2, 0.25) is 0 Å². The minimum Gasteiger partial charge on any atom is -0.481 e. The number of halogens is 1. The molecule has 0 bridgehead atoms. The van der Waals surface area contributed by atoms with Crippen LogP contribution in [0.2, 0.25) is 0 Å². The number of piperidine rings is 1. The summed E-state index contributed by atoms with van der Waals surface area (Å²) in [7, 11) is 0. The molecule has 1 aliphatic heterocycles. The maximum Gasteiger partial charge on any atom is 0.312 e. The molecule has 0 radical (unpaired) electrons.